The number of nitrogens with zero attached hydrogens (tertiary/aromatic N) is 1. The number of primary amides is 1. The molecule has 2 aromatic rings. The summed E-state index contributed by atoms with van der Waals surface area (Å²) in [5.41, 5.74) is 12.9. The third-order valence-electron chi connectivity index (χ3n) is 2.73. The molecular weight excluding hydrogens is 290 g/mol. The maximum atomic E-state index is 11.1. The quantitative estimate of drug-likeness (QED) is 0.504. The Morgan fingerprint density at radius 3 is 2.52 bits per heavy atom. The molecule has 0 spiro atoms. The van der Waals surface area contributed by atoms with E-state index in [1.165, 1.54) is 0 Å². The molecule has 0 saturated heterocycles. The lowest BCUT2D eigenvalue weighted by molar-refractivity contribution is 0.0999. The molecule has 108 valence electrons. The average molecular weight is 304 g/mol. The molecular formula is C15H14ClN3O2. The summed E-state index contributed by atoms with van der Waals surface area (Å²) in [5.74, 6) is -0.262. The van der Waals surface area contributed by atoms with Crippen LogP contribution in [0.5, 0.6) is 0 Å². The van der Waals surface area contributed by atoms with Crippen LogP contribution in [0.15, 0.2) is 53.7 Å². The van der Waals surface area contributed by atoms with Crippen LogP contribution in [0.1, 0.15) is 21.5 Å². The van der Waals surface area contributed by atoms with Crippen LogP contribution in [0.4, 0.5) is 0 Å². The number of rotatable bonds is 5. The van der Waals surface area contributed by atoms with E-state index in [1.54, 1.807) is 48.5 Å². The summed E-state index contributed by atoms with van der Waals surface area (Å²) >= 11 is 5.87. The highest BCUT2D eigenvalue weighted by Crippen LogP contribution is 2.11. The van der Waals surface area contributed by atoms with Gasteiger partial charge in [-0.05, 0) is 29.8 Å². The first-order valence-electron chi connectivity index (χ1n) is 6.16. The number of carbonyl (C=O) groups is 1. The van der Waals surface area contributed by atoms with Gasteiger partial charge in [-0.2, -0.15) is 0 Å². The lowest BCUT2D eigenvalue weighted by Gasteiger charge is -2.04. The van der Waals surface area contributed by atoms with Gasteiger partial charge in [-0.15, -0.1) is 0 Å². The van der Waals surface area contributed by atoms with Crippen molar-refractivity contribution in [1.82, 2.24) is 0 Å². The molecule has 0 aliphatic rings. The SMILES string of the molecule is NC(=O)c1cccc(CON=C(N)c2cccc(Cl)c2)c1. The Bertz CT molecular complexity index is 686. The molecule has 0 fully saturated rings. The number of carbonyl (C=O) groups excluding carboxylic acids is 1. The Balaban J connectivity index is 2.01. The smallest absolute Gasteiger partial charge is 0.248 e. The molecule has 1 amide bonds. The van der Waals surface area contributed by atoms with Crippen molar-refractivity contribution in [3.8, 4) is 0 Å². The van der Waals surface area contributed by atoms with E-state index in [4.69, 9.17) is 27.9 Å². The first-order valence-corrected chi connectivity index (χ1v) is 6.54. The van der Waals surface area contributed by atoms with E-state index in [1.807, 2.05) is 0 Å². The molecule has 0 bridgehead atoms. The first kappa shape index (κ1) is 14.9. The molecule has 0 atom stereocenters. The van der Waals surface area contributed by atoms with Crippen molar-refractivity contribution in [3.05, 3.63) is 70.2 Å². The zero-order valence-corrected chi connectivity index (χ0v) is 11.9. The molecule has 2 rings (SSSR count). The average Bonchev–Trinajstić information content (AvgIpc) is 2.47. The number of amides is 1. The fraction of sp³-hybridized carbons (Fsp3) is 0.0667. The number of halogens is 1. The molecule has 0 aliphatic heterocycles. The molecule has 4 N–H and O–H groups in total. The van der Waals surface area contributed by atoms with Gasteiger partial charge in [0, 0.05) is 16.1 Å². The van der Waals surface area contributed by atoms with Gasteiger partial charge in [-0.3, -0.25) is 4.79 Å². The van der Waals surface area contributed by atoms with Crippen LogP contribution in [0.25, 0.3) is 0 Å². The van der Waals surface area contributed by atoms with Gasteiger partial charge in [0.25, 0.3) is 0 Å². The first-order chi connectivity index (χ1) is 10.1. The molecule has 0 heterocycles. The van der Waals surface area contributed by atoms with E-state index in [2.05, 4.69) is 5.16 Å². The minimum absolute atomic E-state index is 0.183. The summed E-state index contributed by atoms with van der Waals surface area (Å²) in [7, 11) is 0. The van der Waals surface area contributed by atoms with Crippen molar-refractivity contribution < 1.29 is 9.63 Å². The second-order valence-electron chi connectivity index (χ2n) is 4.32. The Morgan fingerprint density at radius 2 is 1.81 bits per heavy atom. The number of benzene rings is 2. The highest BCUT2D eigenvalue weighted by atomic mass is 35.5. The van der Waals surface area contributed by atoms with Crippen molar-refractivity contribution in [2.75, 3.05) is 0 Å². The predicted octanol–water partition coefficient (Wildman–Crippen LogP) is 2.28. The van der Waals surface area contributed by atoms with Crippen LogP contribution in [-0.4, -0.2) is 11.7 Å². The predicted molar refractivity (Wildman–Crippen MR) is 81.9 cm³/mol. The second kappa shape index (κ2) is 6.76. The molecule has 0 radical (unpaired) electrons. The van der Waals surface area contributed by atoms with E-state index in [0.717, 1.165) is 5.56 Å². The van der Waals surface area contributed by atoms with E-state index in [-0.39, 0.29) is 12.4 Å². The molecule has 0 aromatic heterocycles. The molecule has 2 aromatic carbocycles. The molecule has 0 saturated carbocycles. The Labute approximate surface area is 127 Å². The Morgan fingerprint density at radius 1 is 1.10 bits per heavy atom. The number of hydrogen-bond donors (Lipinski definition) is 2. The van der Waals surface area contributed by atoms with Gasteiger partial charge < -0.3 is 16.3 Å². The lowest BCUT2D eigenvalue weighted by atomic mass is 10.1. The largest absolute Gasteiger partial charge is 0.389 e. The number of oxime groups is 1. The van der Waals surface area contributed by atoms with Gasteiger partial charge in [-0.25, -0.2) is 0 Å². The van der Waals surface area contributed by atoms with E-state index in [9.17, 15) is 4.79 Å². The van der Waals surface area contributed by atoms with Crippen molar-refractivity contribution >= 4 is 23.3 Å². The lowest BCUT2D eigenvalue weighted by Crippen LogP contribution is -2.14. The van der Waals surface area contributed by atoms with Crippen LogP contribution < -0.4 is 11.5 Å². The van der Waals surface area contributed by atoms with Crippen LogP contribution in [-0.2, 0) is 11.4 Å². The van der Waals surface area contributed by atoms with Gasteiger partial charge in [-0.1, -0.05) is 41.0 Å². The van der Waals surface area contributed by atoms with Gasteiger partial charge in [0.2, 0.25) is 5.91 Å². The maximum absolute atomic E-state index is 11.1. The monoisotopic (exact) mass is 303 g/mol. The van der Waals surface area contributed by atoms with Gasteiger partial charge in [0.05, 0.1) is 0 Å². The minimum atomic E-state index is -0.487. The molecule has 5 nitrogen and oxygen atoms in total. The van der Waals surface area contributed by atoms with E-state index < -0.39 is 5.91 Å². The summed E-state index contributed by atoms with van der Waals surface area (Å²) in [4.78, 5) is 16.3. The van der Waals surface area contributed by atoms with Crippen molar-refractivity contribution in [1.29, 1.82) is 0 Å². The van der Waals surface area contributed by atoms with Gasteiger partial charge in [0.1, 0.15) is 6.61 Å². The highest BCUT2D eigenvalue weighted by Gasteiger charge is 2.03. The summed E-state index contributed by atoms with van der Waals surface area (Å²) in [5, 5.41) is 4.39. The molecule has 6 heteroatoms. The minimum Gasteiger partial charge on any atom is -0.389 e. The third kappa shape index (κ3) is 4.22. The second-order valence-corrected chi connectivity index (χ2v) is 4.76. The fourth-order valence-corrected chi connectivity index (χ4v) is 1.88. The summed E-state index contributed by atoms with van der Waals surface area (Å²) in [6.07, 6.45) is 0. The van der Waals surface area contributed by atoms with Crippen LogP contribution in [0.3, 0.4) is 0 Å². The van der Waals surface area contributed by atoms with Crippen LogP contribution in [0.2, 0.25) is 5.02 Å². The van der Waals surface area contributed by atoms with Crippen molar-refractivity contribution in [2.45, 2.75) is 6.61 Å². The molecule has 0 aliphatic carbocycles. The normalized spacial score (nSPS) is 11.2. The van der Waals surface area contributed by atoms with E-state index >= 15 is 0 Å². The highest BCUT2D eigenvalue weighted by molar-refractivity contribution is 6.31. The fourth-order valence-electron chi connectivity index (χ4n) is 1.69. The maximum Gasteiger partial charge on any atom is 0.248 e. The number of amidine groups is 1. The van der Waals surface area contributed by atoms with Crippen molar-refractivity contribution in [2.24, 2.45) is 16.6 Å². The molecule has 0 unspecified atom stereocenters. The van der Waals surface area contributed by atoms with Crippen LogP contribution in [0, 0.1) is 0 Å². The number of hydrogen-bond acceptors (Lipinski definition) is 3. The summed E-state index contributed by atoms with van der Waals surface area (Å²) in [6.45, 7) is 0.183. The Hall–Kier alpha value is -2.53. The van der Waals surface area contributed by atoms with Gasteiger partial charge >= 0.3 is 0 Å². The zero-order chi connectivity index (χ0) is 15.2. The van der Waals surface area contributed by atoms with E-state index in [0.29, 0.717) is 16.1 Å². The zero-order valence-electron chi connectivity index (χ0n) is 11.1. The summed E-state index contributed by atoms with van der Waals surface area (Å²) < 4.78 is 0. The third-order valence-corrected chi connectivity index (χ3v) is 2.96. The van der Waals surface area contributed by atoms with Gasteiger partial charge in [0.15, 0.2) is 5.84 Å². The Kier molecular flexibility index (Phi) is 4.79. The number of nitrogens with two attached hydrogens (primary N) is 2. The van der Waals surface area contributed by atoms with Crippen molar-refractivity contribution in [3.63, 3.8) is 0 Å². The van der Waals surface area contributed by atoms with Crippen LogP contribution >= 0.6 is 11.6 Å². The summed E-state index contributed by atoms with van der Waals surface area (Å²) in [6, 6.07) is 13.8. The standard InChI is InChI=1S/C15H14ClN3O2/c16-13-6-2-4-11(8-13)14(17)19-21-9-10-3-1-5-12(7-10)15(18)20/h1-8H,9H2,(H2,17,19)(H2,18,20). The topological polar surface area (TPSA) is 90.7 Å². The molecule has 21 heavy (non-hydrogen) atoms.